The minimum atomic E-state index is -0.566. The summed E-state index contributed by atoms with van der Waals surface area (Å²) in [6.07, 6.45) is 2.89. The molecule has 144 valence electrons. The van der Waals surface area contributed by atoms with E-state index in [1.165, 1.54) is 6.20 Å². The number of methoxy groups -OCH3 is 1. The number of hydrazone groups is 1. The van der Waals surface area contributed by atoms with Gasteiger partial charge in [0, 0.05) is 15.6 Å². The van der Waals surface area contributed by atoms with Crippen molar-refractivity contribution in [1.82, 2.24) is 15.2 Å². The number of nitrogens with one attached hydrogen (secondary N) is 2. The van der Waals surface area contributed by atoms with Gasteiger partial charge in [-0.1, -0.05) is 29.3 Å². The molecule has 2 N–H and O–H groups in total. The highest BCUT2D eigenvalue weighted by molar-refractivity contribution is 6.35. The highest BCUT2D eigenvalue weighted by atomic mass is 35.5. The van der Waals surface area contributed by atoms with E-state index in [-0.39, 0.29) is 12.4 Å². The standard InChI is InChI=1S/C18H15Cl2N5O3/c1-27-16-6-11(8-21-24-17-9-22-25-18(26)23-17)2-5-15(16)28-10-12-3-4-13(19)7-14(12)20/h2-9H,10H2,1H3,(H2,23,24,25,26)/b21-8+. The van der Waals surface area contributed by atoms with E-state index < -0.39 is 5.69 Å². The molecule has 10 heteroatoms. The Hall–Kier alpha value is -3.10. The minimum Gasteiger partial charge on any atom is -0.493 e. The van der Waals surface area contributed by atoms with Gasteiger partial charge in [-0.2, -0.15) is 15.2 Å². The molecule has 0 bridgehead atoms. The van der Waals surface area contributed by atoms with Crippen molar-refractivity contribution in [3.8, 4) is 11.5 Å². The van der Waals surface area contributed by atoms with Gasteiger partial charge in [-0.15, -0.1) is 0 Å². The molecule has 3 rings (SSSR count). The number of halogens is 2. The van der Waals surface area contributed by atoms with Crippen LogP contribution in [-0.2, 0) is 6.61 Å². The number of hydrogen-bond acceptors (Lipinski definition) is 7. The van der Waals surface area contributed by atoms with Crippen LogP contribution in [0.2, 0.25) is 10.0 Å². The molecule has 0 atom stereocenters. The molecule has 8 nitrogen and oxygen atoms in total. The van der Waals surface area contributed by atoms with E-state index >= 15 is 0 Å². The van der Waals surface area contributed by atoms with Gasteiger partial charge in [0.15, 0.2) is 17.3 Å². The van der Waals surface area contributed by atoms with E-state index in [0.29, 0.717) is 21.5 Å². The molecular weight excluding hydrogens is 405 g/mol. The summed E-state index contributed by atoms with van der Waals surface area (Å²) in [7, 11) is 1.54. The predicted molar refractivity (Wildman–Crippen MR) is 108 cm³/mol. The molecule has 28 heavy (non-hydrogen) atoms. The summed E-state index contributed by atoms with van der Waals surface area (Å²) in [5.41, 5.74) is 3.61. The maximum absolute atomic E-state index is 11.1. The largest absolute Gasteiger partial charge is 0.493 e. The Bertz CT molecular complexity index is 1060. The summed E-state index contributed by atoms with van der Waals surface area (Å²) in [5, 5.41) is 10.9. The van der Waals surface area contributed by atoms with E-state index in [1.807, 2.05) is 0 Å². The van der Waals surface area contributed by atoms with Crippen LogP contribution in [0.1, 0.15) is 11.1 Å². The smallest absolute Gasteiger partial charge is 0.363 e. The fourth-order valence-corrected chi connectivity index (χ4v) is 2.68. The SMILES string of the molecule is COc1cc(/C=N/Nc2cn[nH]c(=O)n2)ccc1OCc1ccc(Cl)cc1Cl. The first-order valence-corrected chi connectivity index (χ1v) is 8.76. The fourth-order valence-electron chi connectivity index (χ4n) is 2.22. The Morgan fingerprint density at radius 3 is 2.82 bits per heavy atom. The lowest BCUT2D eigenvalue weighted by atomic mass is 10.2. The first-order chi connectivity index (χ1) is 13.5. The summed E-state index contributed by atoms with van der Waals surface area (Å²) in [6.45, 7) is 0.266. The lowest BCUT2D eigenvalue weighted by Crippen LogP contribution is -2.13. The zero-order valence-electron chi connectivity index (χ0n) is 14.6. The zero-order chi connectivity index (χ0) is 19.9. The van der Waals surface area contributed by atoms with E-state index in [1.54, 1.807) is 49.7 Å². The van der Waals surface area contributed by atoms with E-state index in [2.05, 4.69) is 25.7 Å². The number of nitrogens with zero attached hydrogens (tertiary/aromatic N) is 3. The van der Waals surface area contributed by atoms with Crippen LogP contribution in [-0.4, -0.2) is 28.5 Å². The second kappa shape index (κ2) is 9.20. The normalized spacial score (nSPS) is 10.8. The molecular formula is C18H15Cl2N5O3. The van der Waals surface area contributed by atoms with Crippen LogP contribution < -0.4 is 20.6 Å². The van der Waals surface area contributed by atoms with Gasteiger partial charge in [0.2, 0.25) is 0 Å². The van der Waals surface area contributed by atoms with Gasteiger partial charge in [-0.3, -0.25) is 5.43 Å². The molecule has 0 unspecified atom stereocenters. The molecule has 0 saturated heterocycles. The van der Waals surface area contributed by atoms with Crippen molar-refractivity contribution in [3.05, 3.63) is 74.3 Å². The topological polar surface area (TPSA) is 101 Å². The second-order valence-electron chi connectivity index (χ2n) is 5.48. The Morgan fingerprint density at radius 1 is 1.21 bits per heavy atom. The van der Waals surface area contributed by atoms with Gasteiger partial charge in [0.25, 0.3) is 0 Å². The lowest BCUT2D eigenvalue weighted by Gasteiger charge is -2.12. The number of hydrogen-bond donors (Lipinski definition) is 2. The molecule has 0 amide bonds. The summed E-state index contributed by atoms with van der Waals surface area (Å²) in [5.74, 6) is 1.32. The van der Waals surface area contributed by atoms with Crippen molar-refractivity contribution in [2.24, 2.45) is 5.10 Å². The Labute approximate surface area is 170 Å². The van der Waals surface area contributed by atoms with Gasteiger partial charge in [-0.05, 0) is 35.9 Å². The molecule has 0 aliphatic heterocycles. The van der Waals surface area contributed by atoms with Gasteiger partial charge in [0.05, 0.1) is 19.5 Å². The molecule has 1 heterocycles. The van der Waals surface area contributed by atoms with Crippen LogP contribution in [0.5, 0.6) is 11.5 Å². The summed E-state index contributed by atoms with van der Waals surface area (Å²) in [4.78, 5) is 14.7. The molecule has 0 aliphatic carbocycles. The van der Waals surface area contributed by atoms with Crippen LogP contribution in [0.15, 0.2) is 52.5 Å². The number of aromatic amines is 1. The molecule has 0 aliphatic rings. The van der Waals surface area contributed by atoms with Gasteiger partial charge < -0.3 is 9.47 Å². The summed E-state index contributed by atoms with van der Waals surface area (Å²) in [6, 6.07) is 10.5. The van der Waals surface area contributed by atoms with Crippen molar-refractivity contribution in [3.63, 3.8) is 0 Å². The third kappa shape index (κ3) is 5.21. The quantitative estimate of drug-likeness (QED) is 0.448. The molecule has 1 aromatic heterocycles. The van der Waals surface area contributed by atoms with Crippen LogP contribution in [0, 0.1) is 0 Å². The number of H-pyrrole nitrogens is 1. The van der Waals surface area contributed by atoms with Crippen molar-refractivity contribution >= 4 is 35.2 Å². The maximum Gasteiger partial charge on any atom is 0.363 e. The van der Waals surface area contributed by atoms with Gasteiger partial charge in [-0.25, -0.2) is 9.89 Å². The Balaban J connectivity index is 1.67. The van der Waals surface area contributed by atoms with Gasteiger partial charge in [0.1, 0.15) is 6.61 Å². The average molecular weight is 420 g/mol. The van der Waals surface area contributed by atoms with Crippen molar-refractivity contribution < 1.29 is 9.47 Å². The Morgan fingerprint density at radius 2 is 2.07 bits per heavy atom. The maximum atomic E-state index is 11.1. The molecule has 3 aromatic rings. The number of rotatable bonds is 7. The van der Waals surface area contributed by atoms with Crippen molar-refractivity contribution in [1.29, 1.82) is 0 Å². The lowest BCUT2D eigenvalue weighted by molar-refractivity contribution is 0.284. The molecule has 0 saturated carbocycles. The average Bonchev–Trinajstić information content (AvgIpc) is 2.68. The minimum absolute atomic E-state index is 0.228. The van der Waals surface area contributed by atoms with E-state index in [9.17, 15) is 4.79 Å². The molecule has 2 aromatic carbocycles. The molecule has 0 radical (unpaired) electrons. The first kappa shape index (κ1) is 19.7. The first-order valence-electron chi connectivity index (χ1n) is 8.01. The van der Waals surface area contributed by atoms with Crippen LogP contribution in [0.3, 0.4) is 0 Å². The monoisotopic (exact) mass is 419 g/mol. The second-order valence-corrected chi connectivity index (χ2v) is 6.32. The predicted octanol–water partition coefficient (Wildman–Crippen LogP) is 3.51. The third-order valence-corrected chi connectivity index (χ3v) is 4.13. The van der Waals surface area contributed by atoms with Crippen LogP contribution >= 0.6 is 23.2 Å². The fraction of sp³-hybridized carbons (Fsp3) is 0.111. The van der Waals surface area contributed by atoms with Crippen molar-refractivity contribution in [2.45, 2.75) is 6.61 Å². The number of anilines is 1. The van der Waals surface area contributed by atoms with Crippen LogP contribution in [0.25, 0.3) is 0 Å². The highest BCUT2D eigenvalue weighted by Gasteiger charge is 2.08. The van der Waals surface area contributed by atoms with Crippen molar-refractivity contribution in [2.75, 3.05) is 12.5 Å². The van der Waals surface area contributed by atoms with Crippen LogP contribution in [0.4, 0.5) is 5.82 Å². The van der Waals surface area contributed by atoms with E-state index in [4.69, 9.17) is 32.7 Å². The van der Waals surface area contributed by atoms with Gasteiger partial charge >= 0.3 is 5.69 Å². The van der Waals surface area contributed by atoms with E-state index in [0.717, 1.165) is 11.1 Å². The number of ether oxygens (including phenoxy) is 2. The summed E-state index contributed by atoms with van der Waals surface area (Å²) < 4.78 is 11.2. The number of benzene rings is 2. The molecule has 0 fully saturated rings. The third-order valence-electron chi connectivity index (χ3n) is 3.55. The summed E-state index contributed by atoms with van der Waals surface area (Å²) >= 11 is 12.1. The molecule has 0 spiro atoms. The zero-order valence-corrected chi connectivity index (χ0v) is 16.2. The highest BCUT2D eigenvalue weighted by Crippen LogP contribution is 2.29. The number of aromatic nitrogens is 3. The Kier molecular flexibility index (Phi) is 6.46.